The zero-order valence-corrected chi connectivity index (χ0v) is 15.1. The Labute approximate surface area is 144 Å². The van der Waals surface area contributed by atoms with Crippen LogP contribution in [-0.2, 0) is 4.74 Å². The van der Waals surface area contributed by atoms with Crippen molar-refractivity contribution in [3.8, 4) is 0 Å². The summed E-state index contributed by atoms with van der Waals surface area (Å²) in [6.07, 6.45) is 2.37. The number of hydrogen-bond acceptors (Lipinski definition) is 5. The highest BCUT2D eigenvalue weighted by atomic mass is 32.1. The van der Waals surface area contributed by atoms with Crippen molar-refractivity contribution in [2.75, 3.05) is 13.1 Å². The molecule has 0 aliphatic carbocycles. The van der Waals surface area contributed by atoms with Crippen molar-refractivity contribution in [1.82, 2.24) is 19.6 Å². The van der Waals surface area contributed by atoms with Crippen molar-refractivity contribution in [3.63, 3.8) is 0 Å². The predicted octanol–water partition coefficient (Wildman–Crippen LogP) is 2.44. The minimum absolute atomic E-state index is 0.0185. The third-order valence-electron chi connectivity index (χ3n) is 3.92. The average molecular weight is 350 g/mol. The van der Waals surface area contributed by atoms with E-state index in [0.29, 0.717) is 24.5 Å². The van der Waals surface area contributed by atoms with Gasteiger partial charge in [0.05, 0.1) is 11.7 Å². The normalized spacial score (nSPS) is 17.7. The quantitative estimate of drug-likeness (QED) is 0.922. The van der Waals surface area contributed by atoms with Gasteiger partial charge in [0, 0.05) is 24.7 Å². The van der Waals surface area contributed by atoms with E-state index in [-0.39, 0.29) is 18.0 Å². The van der Waals surface area contributed by atoms with E-state index in [1.54, 1.807) is 9.30 Å². The Balaban J connectivity index is 1.60. The summed E-state index contributed by atoms with van der Waals surface area (Å²) in [5.41, 5.74) is 0.742. The average Bonchev–Trinajstić information content (AvgIpc) is 2.94. The zero-order valence-electron chi connectivity index (χ0n) is 14.3. The van der Waals surface area contributed by atoms with Gasteiger partial charge in [-0.05, 0) is 34.1 Å². The van der Waals surface area contributed by atoms with E-state index in [0.717, 1.165) is 11.4 Å². The number of carbonyl (C=O) groups is 2. The van der Waals surface area contributed by atoms with Crippen molar-refractivity contribution in [2.24, 2.45) is 0 Å². The van der Waals surface area contributed by atoms with Crippen LogP contribution in [0.4, 0.5) is 4.79 Å². The van der Waals surface area contributed by atoms with E-state index in [4.69, 9.17) is 4.74 Å². The van der Waals surface area contributed by atoms with Gasteiger partial charge in [-0.25, -0.2) is 9.78 Å². The fraction of sp³-hybridized carbons (Fsp3) is 0.562. The van der Waals surface area contributed by atoms with Crippen LogP contribution in [0, 0.1) is 6.92 Å². The van der Waals surface area contributed by atoms with E-state index in [1.165, 1.54) is 11.3 Å². The van der Waals surface area contributed by atoms with Crippen LogP contribution in [0.25, 0.3) is 4.96 Å². The molecule has 8 heteroatoms. The van der Waals surface area contributed by atoms with Gasteiger partial charge in [0.1, 0.15) is 11.3 Å². The summed E-state index contributed by atoms with van der Waals surface area (Å²) in [5, 5.41) is 4.81. The lowest BCUT2D eigenvalue weighted by atomic mass is 10.0. The summed E-state index contributed by atoms with van der Waals surface area (Å²) >= 11 is 1.49. The zero-order chi connectivity index (χ0) is 17.5. The number of likely N-dealkylation sites (tertiary alicyclic amines) is 1. The molecule has 1 aliphatic heterocycles. The number of hydrogen-bond donors (Lipinski definition) is 1. The largest absolute Gasteiger partial charge is 0.444 e. The Hall–Kier alpha value is -2.09. The molecule has 24 heavy (non-hydrogen) atoms. The lowest BCUT2D eigenvalue weighted by molar-refractivity contribution is -0.00489. The van der Waals surface area contributed by atoms with Gasteiger partial charge >= 0.3 is 6.09 Å². The number of aromatic nitrogens is 2. The number of nitrogens with zero attached hydrogens (tertiary/aromatic N) is 3. The van der Waals surface area contributed by atoms with Crippen molar-refractivity contribution in [2.45, 2.75) is 45.8 Å². The van der Waals surface area contributed by atoms with Crippen LogP contribution in [0.15, 0.2) is 11.6 Å². The molecule has 0 aromatic carbocycles. The Morgan fingerprint density at radius 2 is 2.21 bits per heavy atom. The van der Waals surface area contributed by atoms with Gasteiger partial charge in [-0.3, -0.25) is 9.20 Å². The molecule has 1 fully saturated rings. The van der Waals surface area contributed by atoms with Crippen molar-refractivity contribution in [1.29, 1.82) is 0 Å². The fourth-order valence-corrected chi connectivity index (χ4v) is 3.44. The van der Waals surface area contributed by atoms with Crippen LogP contribution in [0.1, 0.15) is 43.4 Å². The molecule has 3 rings (SSSR count). The molecule has 0 radical (unpaired) electrons. The minimum Gasteiger partial charge on any atom is -0.444 e. The number of thiazole rings is 1. The summed E-state index contributed by atoms with van der Waals surface area (Å²) < 4.78 is 7.17. The molecular formula is C16H22N4O3S. The maximum Gasteiger partial charge on any atom is 0.410 e. The van der Waals surface area contributed by atoms with Crippen LogP contribution in [0.3, 0.4) is 0 Å². The third-order valence-corrected chi connectivity index (χ3v) is 4.68. The summed E-state index contributed by atoms with van der Waals surface area (Å²) in [6.45, 7) is 8.43. The van der Waals surface area contributed by atoms with E-state index in [1.807, 2.05) is 39.3 Å². The molecule has 0 saturated carbocycles. The Bertz CT molecular complexity index is 774. The number of fused-ring (bicyclic) bond motifs is 1. The van der Waals surface area contributed by atoms with Crippen LogP contribution >= 0.6 is 11.3 Å². The Morgan fingerprint density at radius 3 is 2.83 bits per heavy atom. The smallest absolute Gasteiger partial charge is 0.410 e. The van der Waals surface area contributed by atoms with Gasteiger partial charge in [-0.2, -0.15) is 0 Å². The second-order valence-corrected chi connectivity index (χ2v) is 7.80. The molecule has 1 saturated heterocycles. The molecule has 0 spiro atoms. The van der Waals surface area contributed by atoms with Crippen molar-refractivity contribution in [3.05, 3.63) is 23.0 Å². The lowest BCUT2D eigenvalue weighted by Crippen LogP contribution is -2.57. The standard InChI is InChI=1S/C16H22N4O3S/c1-10-12(20-7-8-24-14(20)18-10)13(21)17-9-11-5-6-19(11)15(22)23-16(2,3)4/h7-8,11H,5-6,9H2,1-4H3,(H,17,21)/t11-/m0/s1. The number of amides is 2. The second-order valence-electron chi connectivity index (χ2n) is 6.93. The lowest BCUT2D eigenvalue weighted by Gasteiger charge is -2.41. The van der Waals surface area contributed by atoms with Gasteiger partial charge in [0.15, 0.2) is 4.96 Å². The molecule has 130 valence electrons. The van der Waals surface area contributed by atoms with Crippen LogP contribution in [-0.4, -0.2) is 51.0 Å². The molecule has 0 unspecified atom stereocenters. The molecule has 7 nitrogen and oxygen atoms in total. The first-order valence-corrected chi connectivity index (χ1v) is 8.84. The number of ether oxygens (including phenoxy) is 1. The maximum absolute atomic E-state index is 12.5. The highest BCUT2D eigenvalue weighted by Crippen LogP contribution is 2.21. The number of nitrogens with one attached hydrogen (secondary N) is 1. The summed E-state index contributed by atoms with van der Waals surface area (Å²) in [7, 11) is 0. The van der Waals surface area contributed by atoms with Crippen LogP contribution in [0.2, 0.25) is 0 Å². The Morgan fingerprint density at radius 1 is 1.46 bits per heavy atom. The van der Waals surface area contributed by atoms with E-state index in [9.17, 15) is 9.59 Å². The van der Waals surface area contributed by atoms with Crippen molar-refractivity contribution >= 4 is 28.3 Å². The van der Waals surface area contributed by atoms with Gasteiger partial charge in [-0.15, -0.1) is 11.3 Å². The van der Waals surface area contributed by atoms with E-state index in [2.05, 4.69) is 10.3 Å². The number of rotatable bonds is 3. The summed E-state index contributed by atoms with van der Waals surface area (Å²) in [4.78, 5) is 31.4. The number of imidazole rings is 1. The van der Waals surface area contributed by atoms with E-state index >= 15 is 0 Å². The molecule has 1 N–H and O–H groups in total. The summed E-state index contributed by atoms with van der Waals surface area (Å²) in [5.74, 6) is -0.172. The highest BCUT2D eigenvalue weighted by molar-refractivity contribution is 7.15. The minimum atomic E-state index is -0.514. The summed E-state index contributed by atoms with van der Waals surface area (Å²) in [6, 6.07) is -0.0185. The number of aryl methyl sites for hydroxylation is 1. The number of carbonyl (C=O) groups excluding carboxylic acids is 2. The fourth-order valence-electron chi connectivity index (χ4n) is 2.68. The molecule has 1 atom stereocenters. The molecule has 2 aromatic heterocycles. The molecule has 3 heterocycles. The first-order chi connectivity index (χ1) is 11.3. The second kappa shape index (κ2) is 6.08. The Kier molecular flexibility index (Phi) is 4.25. The SMILES string of the molecule is Cc1nc2sccn2c1C(=O)NC[C@@H]1CCN1C(=O)OC(C)(C)C. The molecule has 0 bridgehead atoms. The first kappa shape index (κ1) is 16.8. The van der Waals surface area contributed by atoms with Gasteiger partial charge < -0.3 is 15.0 Å². The van der Waals surface area contributed by atoms with Crippen LogP contribution in [0.5, 0.6) is 0 Å². The third kappa shape index (κ3) is 3.24. The van der Waals surface area contributed by atoms with Gasteiger partial charge in [0.25, 0.3) is 5.91 Å². The van der Waals surface area contributed by atoms with Crippen molar-refractivity contribution < 1.29 is 14.3 Å². The first-order valence-electron chi connectivity index (χ1n) is 7.96. The monoisotopic (exact) mass is 350 g/mol. The molecule has 2 aromatic rings. The predicted molar refractivity (Wildman–Crippen MR) is 91.5 cm³/mol. The van der Waals surface area contributed by atoms with Gasteiger partial charge in [0.2, 0.25) is 0 Å². The van der Waals surface area contributed by atoms with Gasteiger partial charge in [-0.1, -0.05) is 0 Å². The van der Waals surface area contributed by atoms with Crippen LogP contribution < -0.4 is 5.32 Å². The highest BCUT2D eigenvalue weighted by Gasteiger charge is 2.35. The molecular weight excluding hydrogens is 328 g/mol. The van der Waals surface area contributed by atoms with E-state index < -0.39 is 5.60 Å². The molecule has 2 amide bonds. The topological polar surface area (TPSA) is 75.9 Å². The maximum atomic E-state index is 12.5. The molecule has 1 aliphatic rings.